The zero-order valence-corrected chi connectivity index (χ0v) is 10.1. The van der Waals surface area contributed by atoms with E-state index in [9.17, 15) is 4.79 Å². The van der Waals surface area contributed by atoms with Crippen molar-refractivity contribution in [3.05, 3.63) is 27.4 Å². The third-order valence-corrected chi connectivity index (χ3v) is 2.35. The van der Waals surface area contributed by atoms with Gasteiger partial charge in [0.15, 0.2) is 4.77 Å². The van der Waals surface area contributed by atoms with Gasteiger partial charge in [-0.3, -0.25) is 9.78 Å². The van der Waals surface area contributed by atoms with Gasteiger partial charge in [-0.25, -0.2) is 0 Å². The average Bonchev–Trinajstić information content (AvgIpc) is 2.26. The van der Waals surface area contributed by atoms with Crippen molar-refractivity contribution in [2.24, 2.45) is 0 Å². The zero-order chi connectivity index (χ0) is 11.8. The van der Waals surface area contributed by atoms with E-state index in [4.69, 9.17) is 21.7 Å². The van der Waals surface area contributed by atoms with Crippen LogP contribution in [-0.4, -0.2) is 36.5 Å². The Morgan fingerprint density at radius 2 is 2.25 bits per heavy atom. The number of aromatic nitrogens is 2. The summed E-state index contributed by atoms with van der Waals surface area (Å²) in [5, 5.41) is 0. The van der Waals surface area contributed by atoms with Gasteiger partial charge in [0.25, 0.3) is 5.56 Å². The lowest BCUT2D eigenvalue weighted by atomic mass is 10.4. The molecule has 5 nitrogen and oxygen atoms in total. The molecule has 1 N–H and O–H groups in total. The number of nitrogens with zero attached hydrogens (tertiary/aromatic N) is 1. The van der Waals surface area contributed by atoms with Crippen molar-refractivity contribution in [3.8, 4) is 0 Å². The number of ether oxygens (including phenoxy) is 2. The summed E-state index contributed by atoms with van der Waals surface area (Å²) in [6, 6.07) is 1.46. The zero-order valence-electron chi connectivity index (χ0n) is 9.27. The van der Waals surface area contributed by atoms with Gasteiger partial charge in [-0.2, -0.15) is 0 Å². The molecule has 0 fully saturated rings. The van der Waals surface area contributed by atoms with Crippen LogP contribution < -0.4 is 5.56 Å². The van der Waals surface area contributed by atoms with Gasteiger partial charge in [-0.15, -0.1) is 0 Å². The van der Waals surface area contributed by atoms with E-state index < -0.39 is 0 Å². The van der Waals surface area contributed by atoms with Crippen molar-refractivity contribution < 1.29 is 9.47 Å². The van der Waals surface area contributed by atoms with Gasteiger partial charge in [0.1, 0.15) is 0 Å². The molecule has 16 heavy (non-hydrogen) atoms. The number of H-pyrrole nitrogens is 1. The van der Waals surface area contributed by atoms with Gasteiger partial charge in [0, 0.05) is 32.5 Å². The third-order valence-electron chi connectivity index (χ3n) is 2.02. The largest absolute Gasteiger partial charge is 0.382 e. The second-order valence-electron chi connectivity index (χ2n) is 3.26. The van der Waals surface area contributed by atoms with Crippen LogP contribution in [0.1, 0.15) is 6.42 Å². The lowest BCUT2D eigenvalue weighted by Crippen LogP contribution is -2.12. The predicted molar refractivity (Wildman–Crippen MR) is 63.2 cm³/mol. The Morgan fingerprint density at radius 3 is 2.94 bits per heavy atom. The Bertz CT molecular complexity index is 413. The molecule has 0 radical (unpaired) electrons. The number of aryl methyl sites for hydroxylation is 1. The fourth-order valence-corrected chi connectivity index (χ4v) is 1.45. The lowest BCUT2D eigenvalue weighted by Gasteiger charge is -2.06. The van der Waals surface area contributed by atoms with Crippen LogP contribution in [0.5, 0.6) is 0 Å². The van der Waals surface area contributed by atoms with Crippen LogP contribution in [0.2, 0.25) is 0 Å². The van der Waals surface area contributed by atoms with E-state index in [1.165, 1.54) is 6.07 Å². The van der Waals surface area contributed by atoms with Crippen molar-refractivity contribution in [1.29, 1.82) is 0 Å². The van der Waals surface area contributed by atoms with Crippen molar-refractivity contribution in [2.45, 2.75) is 13.0 Å². The van der Waals surface area contributed by atoms with Crippen LogP contribution in [0, 0.1) is 4.77 Å². The van der Waals surface area contributed by atoms with Crippen molar-refractivity contribution in [2.75, 3.05) is 26.9 Å². The Labute approximate surface area is 99.0 Å². The minimum Gasteiger partial charge on any atom is -0.382 e. The summed E-state index contributed by atoms with van der Waals surface area (Å²) >= 11 is 5.01. The highest BCUT2D eigenvalue weighted by molar-refractivity contribution is 7.71. The van der Waals surface area contributed by atoms with E-state index in [0.717, 1.165) is 13.0 Å². The number of rotatable bonds is 7. The monoisotopic (exact) mass is 244 g/mol. The molecule has 0 unspecified atom stereocenters. The van der Waals surface area contributed by atoms with E-state index >= 15 is 0 Å². The Hall–Kier alpha value is -0.980. The summed E-state index contributed by atoms with van der Waals surface area (Å²) < 4.78 is 12.4. The maximum Gasteiger partial charge on any atom is 0.251 e. The van der Waals surface area contributed by atoms with E-state index in [-0.39, 0.29) is 5.56 Å². The minimum atomic E-state index is -0.169. The topological polar surface area (TPSA) is 56.2 Å². The van der Waals surface area contributed by atoms with Crippen molar-refractivity contribution >= 4 is 12.2 Å². The van der Waals surface area contributed by atoms with Gasteiger partial charge in [0.2, 0.25) is 0 Å². The molecule has 0 aliphatic heterocycles. The maximum absolute atomic E-state index is 10.9. The number of methoxy groups -OCH3 is 1. The first-order chi connectivity index (χ1) is 7.74. The first kappa shape index (κ1) is 13.1. The van der Waals surface area contributed by atoms with Crippen LogP contribution in [0.4, 0.5) is 0 Å². The molecule has 6 heteroatoms. The van der Waals surface area contributed by atoms with Gasteiger partial charge < -0.3 is 14.0 Å². The maximum atomic E-state index is 10.9. The van der Waals surface area contributed by atoms with Crippen LogP contribution >= 0.6 is 12.2 Å². The third kappa shape index (κ3) is 4.69. The molecular formula is C10H16N2O3S. The molecule has 1 heterocycles. The molecule has 0 spiro atoms. The van der Waals surface area contributed by atoms with E-state index in [0.29, 0.717) is 24.6 Å². The summed E-state index contributed by atoms with van der Waals surface area (Å²) in [5.74, 6) is 0. The normalized spacial score (nSPS) is 10.6. The van der Waals surface area contributed by atoms with Gasteiger partial charge in [-0.05, 0) is 18.6 Å². The quantitative estimate of drug-likeness (QED) is 0.573. The second kappa shape index (κ2) is 7.32. The number of hydrogen-bond acceptors (Lipinski definition) is 4. The number of nitrogens with one attached hydrogen (secondary N) is 1. The standard InChI is InChI=1S/C10H16N2O3S/c1-14-7-8-15-6-2-4-12-5-3-9(13)11-10(12)16/h3,5H,2,4,6-8H2,1H3,(H,11,13,16). The molecule has 0 amide bonds. The molecule has 1 rings (SSSR count). The van der Waals surface area contributed by atoms with Crippen LogP contribution in [0.3, 0.4) is 0 Å². The SMILES string of the molecule is COCCOCCCn1ccc(=O)[nH]c1=S. The first-order valence-corrected chi connectivity index (χ1v) is 5.51. The van der Waals surface area contributed by atoms with E-state index in [1.807, 2.05) is 4.57 Å². The minimum absolute atomic E-state index is 0.169. The molecule has 0 atom stereocenters. The molecule has 1 aromatic rings. The summed E-state index contributed by atoms with van der Waals surface area (Å²) in [4.78, 5) is 13.5. The molecular weight excluding hydrogens is 228 g/mol. The smallest absolute Gasteiger partial charge is 0.251 e. The summed E-state index contributed by atoms with van der Waals surface area (Å²) in [6.45, 7) is 2.61. The fourth-order valence-electron chi connectivity index (χ4n) is 1.20. The molecule has 0 aliphatic rings. The summed E-state index contributed by atoms with van der Waals surface area (Å²) in [7, 11) is 1.64. The summed E-state index contributed by atoms with van der Waals surface area (Å²) in [5.41, 5.74) is -0.169. The molecule has 0 aromatic carbocycles. The number of hydrogen-bond donors (Lipinski definition) is 1. The van der Waals surface area contributed by atoms with Crippen molar-refractivity contribution in [1.82, 2.24) is 9.55 Å². The van der Waals surface area contributed by atoms with Gasteiger partial charge in [0.05, 0.1) is 13.2 Å². The molecule has 0 aliphatic carbocycles. The van der Waals surface area contributed by atoms with Gasteiger partial charge in [-0.1, -0.05) is 0 Å². The Kier molecular flexibility index (Phi) is 5.99. The van der Waals surface area contributed by atoms with Crippen LogP contribution in [0.25, 0.3) is 0 Å². The van der Waals surface area contributed by atoms with Crippen LogP contribution in [0.15, 0.2) is 17.1 Å². The van der Waals surface area contributed by atoms with Gasteiger partial charge >= 0.3 is 0 Å². The van der Waals surface area contributed by atoms with Crippen LogP contribution in [-0.2, 0) is 16.0 Å². The second-order valence-corrected chi connectivity index (χ2v) is 3.65. The van der Waals surface area contributed by atoms with E-state index in [1.54, 1.807) is 13.3 Å². The molecule has 0 saturated heterocycles. The highest BCUT2D eigenvalue weighted by Gasteiger charge is 1.94. The summed E-state index contributed by atoms with van der Waals surface area (Å²) in [6.07, 6.45) is 2.54. The molecule has 0 bridgehead atoms. The average molecular weight is 244 g/mol. The predicted octanol–water partition coefficient (Wildman–Crippen LogP) is 0.959. The fraction of sp³-hybridized carbons (Fsp3) is 0.600. The first-order valence-electron chi connectivity index (χ1n) is 5.10. The van der Waals surface area contributed by atoms with E-state index in [2.05, 4.69) is 4.98 Å². The lowest BCUT2D eigenvalue weighted by molar-refractivity contribution is 0.0679. The molecule has 90 valence electrons. The highest BCUT2D eigenvalue weighted by atomic mass is 32.1. The molecule has 0 saturated carbocycles. The molecule has 1 aromatic heterocycles. The highest BCUT2D eigenvalue weighted by Crippen LogP contribution is 1.92. The Balaban J connectivity index is 2.27. The van der Waals surface area contributed by atoms with Crippen molar-refractivity contribution in [3.63, 3.8) is 0 Å². The number of aromatic amines is 1. The Morgan fingerprint density at radius 1 is 1.44 bits per heavy atom.